The van der Waals surface area contributed by atoms with E-state index in [0.29, 0.717) is 33.2 Å². The Balaban J connectivity index is 1.67. The summed E-state index contributed by atoms with van der Waals surface area (Å²) < 4.78 is 64.4. The van der Waals surface area contributed by atoms with Gasteiger partial charge in [-0.15, -0.1) is 4.83 Å². The number of nitrogens with one attached hydrogen (secondary N) is 1. The quantitative estimate of drug-likeness (QED) is 0.442. The smallest absolute Gasteiger partial charge is 0.266 e. The molecule has 0 aliphatic carbocycles. The first-order valence-corrected chi connectivity index (χ1v) is 13.0. The second-order valence-corrected chi connectivity index (χ2v) is 10.9. The molecule has 1 aliphatic heterocycles. The number of carbonyl (C=O) groups excluding carboxylic acids is 2. The first-order chi connectivity index (χ1) is 16.2. The summed E-state index contributed by atoms with van der Waals surface area (Å²) in [6.45, 7) is -0.232. The molecule has 184 valence electrons. The van der Waals surface area contributed by atoms with Crippen LogP contribution in [0.5, 0.6) is 0 Å². The number of aromatic nitrogens is 2. The maximum atomic E-state index is 13.5. The van der Waals surface area contributed by atoms with Gasteiger partial charge in [0, 0.05) is 10.4 Å². The number of nitrogens with zero attached hydrogens (tertiary/aromatic N) is 3. The van der Waals surface area contributed by atoms with Crippen molar-refractivity contribution in [2.75, 3.05) is 6.26 Å². The van der Waals surface area contributed by atoms with E-state index < -0.39 is 32.9 Å². The van der Waals surface area contributed by atoms with Crippen LogP contribution in [0.2, 0.25) is 10.2 Å². The third kappa shape index (κ3) is 5.48. The zero-order valence-electron chi connectivity index (χ0n) is 17.4. The highest BCUT2D eigenvalue weighted by Gasteiger charge is 2.37. The number of hydrazine groups is 1. The SMILES string of the molecule is CS(=O)(=O)NN1C(=O)SC(=Cc2ccc3c(c2)c(Cl)nn3Cc2ccc(Cl)cc2C(F)(F)F)C1=O. The van der Waals surface area contributed by atoms with Gasteiger partial charge in [-0.1, -0.05) is 35.3 Å². The molecule has 15 heteroatoms. The fourth-order valence-electron chi connectivity index (χ4n) is 3.34. The molecule has 2 aromatic carbocycles. The van der Waals surface area contributed by atoms with Crippen LogP contribution in [-0.4, -0.2) is 40.6 Å². The highest BCUT2D eigenvalue weighted by molar-refractivity contribution is 8.18. The Morgan fingerprint density at radius 2 is 1.86 bits per heavy atom. The van der Waals surface area contributed by atoms with Gasteiger partial charge < -0.3 is 0 Å². The molecule has 1 aliphatic rings. The molecule has 0 unspecified atom stereocenters. The Labute approximate surface area is 210 Å². The summed E-state index contributed by atoms with van der Waals surface area (Å²) in [6, 6.07) is 8.12. The standard InChI is InChI=1S/C20H13Cl2F3N4O4S2/c1-35(32,33)27-29-18(30)16(34-19(29)31)7-10-2-5-15-13(6-10)17(22)26-28(15)9-11-3-4-12(21)8-14(11)20(23,24)25/h2-8,27H,9H2,1H3. The van der Waals surface area contributed by atoms with Gasteiger partial charge in [-0.3, -0.25) is 14.3 Å². The molecule has 0 bridgehead atoms. The van der Waals surface area contributed by atoms with Crippen molar-refractivity contribution < 1.29 is 31.2 Å². The molecular formula is C20H13Cl2F3N4O4S2. The van der Waals surface area contributed by atoms with Crippen LogP contribution < -0.4 is 4.83 Å². The number of thioether (sulfide) groups is 1. The number of fused-ring (bicyclic) bond motifs is 1. The first kappa shape index (κ1) is 25.5. The molecule has 35 heavy (non-hydrogen) atoms. The minimum absolute atomic E-state index is 0.0182. The van der Waals surface area contributed by atoms with Crippen molar-refractivity contribution in [3.05, 3.63) is 68.2 Å². The highest BCUT2D eigenvalue weighted by atomic mass is 35.5. The Kier molecular flexibility index (Phi) is 6.66. The lowest BCUT2D eigenvalue weighted by Crippen LogP contribution is -2.44. The minimum atomic E-state index is -4.62. The normalized spacial score (nSPS) is 16.2. The van der Waals surface area contributed by atoms with Crippen LogP contribution in [0.1, 0.15) is 16.7 Å². The van der Waals surface area contributed by atoms with Gasteiger partial charge in [0.1, 0.15) is 0 Å². The number of alkyl halides is 3. The molecule has 2 amide bonds. The fraction of sp³-hybridized carbons (Fsp3) is 0.150. The van der Waals surface area contributed by atoms with Crippen LogP contribution in [0, 0.1) is 0 Å². The van der Waals surface area contributed by atoms with Gasteiger partial charge in [-0.2, -0.15) is 23.3 Å². The molecule has 1 fully saturated rings. The number of halogens is 5. The molecule has 0 atom stereocenters. The van der Waals surface area contributed by atoms with Gasteiger partial charge in [-0.25, -0.2) is 8.42 Å². The largest absolute Gasteiger partial charge is 0.416 e. The van der Waals surface area contributed by atoms with Crippen LogP contribution >= 0.6 is 35.0 Å². The van der Waals surface area contributed by atoms with Gasteiger partial charge >= 0.3 is 11.4 Å². The van der Waals surface area contributed by atoms with E-state index in [1.165, 1.54) is 22.9 Å². The zero-order chi connectivity index (χ0) is 25.7. The van der Waals surface area contributed by atoms with Crippen molar-refractivity contribution >= 4 is 73.1 Å². The lowest BCUT2D eigenvalue weighted by molar-refractivity contribution is -0.138. The van der Waals surface area contributed by atoms with E-state index in [9.17, 15) is 31.2 Å². The van der Waals surface area contributed by atoms with Crippen molar-refractivity contribution in [2.24, 2.45) is 0 Å². The van der Waals surface area contributed by atoms with E-state index in [2.05, 4.69) is 5.10 Å². The topological polar surface area (TPSA) is 101 Å². The van der Waals surface area contributed by atoms with Gasteiger partial charge in [0.15, 0.2) is 5.15 Å². The molecule has 2 heterocycles. The van der Waals surface area contributed by atoms with Gasteiger partial charge in [0.25, 0.3) is 5.91 Å². The third-order valence-corrected chi connectivity index (χ3v) is 6.67. The molecule has 0 saturated carbocycles. The maximum absolute atomic E-state index is 13.5. The second-order valence-electron chi connectivity index (χ2n) is 7.40. The number of hydrogen-bond donors (Lipinski definition) is 1. The maximum Gasteiger partial charge on any atom is 0.416 e. The number of benzene rings is 2. The highest BCUT2D eigenvalue weighted by Crippen LogP contribution is 2.36. The lowest BCUT2D eigenvalue weighted by Gasteiger charge is -2.14. The Morgan fingerprint density at radius 1 is 1.14 bits per heavy atom. The van der Waals surface area contributed by atoms with E-state index in [-0.39, 0.29) is 27.2 Å². The summed E-state index contributed by atoms with van der Waals surface area (Å²) in [5.41, 5.74) is -0.0766. The summed E-state index contributed by atoms with van der Waals surface area (Å²) in [6.07, 6.45) is -2.45. The molecular weight excluding hydrogens is 552 g/mol. The van der Waals surface area contributed by atoms with E-state index in [1.54, 1.807) is 18.2 Å². The number of imide groups is 1. The molecule has 0 radical (unpaired) electrons. The Bertz CT molecular complexity index is 1520. The van der Waals surface area contributed by atoms with Crippen molar-refractivity contribution in [3.63, 3.8) is 0 Å². The molecule has 4 rings (SSSR count). The van der Waals surface area contributed by atoms with Crippen LogP contribution in [0.3, 0.4) is 0 Å². The Morgan fingerprint density at radius 3 is 2.51 bits per heavy atom. The molecule has 8 nitrogen and oxygen atoms in total. The second kappa shape index (κ2) is 9.13. The van der Waals surface area contributed by atoms with E-state index >= 15 is 0 Å². The molecule has 3 aromatic rings. The van der Waals surface area contributed by atoms with E-state index in [0.717, 1.165) is 12.3 Å². The van der Waals surface area contributed by atoms with Crippen molar-refractivity contribution in [2.45, 2.75) is 12.7 Å². The monoisotopic (exact) mass is 564 g/mol. The summed E-state index contributed by atoms with van der Waals surface area (Å²) >= 11 is 12.5. The number of rotatable bonds is 5. The summed E-state index contributed by atoms with van der Waals surface area (Å²) in [4.78, 5) is 26.2. The van der Waals surface area contributed by atoms with Crippen molar-refractivity contribution in [3.8, 4) is 0 Å². The van der Waals surface area contributed by atoms with Crippen molar-refractivity contribution in [1.82, 2.24) is 19.6 Å². The number of amides is 2. The van der Waals surface area contributed by atoms with E-state index in [1.807, 2.05) is 4.83 Å². The average Bonchev–Trinajstić information content (AvgIpc) is 3.18. The molecule has 1 N–H and O–H groups in total. The van der Waals surface area contributed by atoms with Crippen LogP contribution in [0.15, 0.2) is 41.3 Å². The third-order valence-electron chi connectivity index (χ3n) is 4.78. The fourth-order valence-corrected chi connectivity index (χ4v) is 5.09. The van der Waals surface area contributed by atoms with Crippen LogP contribution in [0.25, 0.3) is 17.0 Å². The van der Waals surface area contributed by atoms with Gasteiger partial charge in [0.2, 0.25) is 10.0 Å². The summed E-state index contributed by atoms with van der Waals surface area (Å²) in [5.74, 6) is -0.852. The summed E-state index contributed by atoms with van der Waals surface area (Å²) in [7, 11) is -3.85. The molecule has 1 saturated heterocycles. The van der Waals surface area contributed by atoms with Crippen LogP contribution in [0.4, 0.5) is 18.0 Å². The zero-order valence-corrected chi connectivity index (χ0v) is 20.6. The van der Waals surface area contributed by atoms with Gasteiger partial charge in [0.05, 0.1) is 28.8 Å². The number of carbonyl (C=O) groups is 2. The van der Waals surface area contributed by atoms with E-state index in [4.69, 9.17) is 23.2 Å². The van der Waals surface area contributed by atoms with Crippen molar-refractivity contribution in [1.29, 1.82) is 0 Å². The average molecular weight is 565 g/mol. The minimum Gasteiger partial charge on any atom is -0.266 e. The number of sulfonamides is 1. The number of hydrogen-bond acceptors (Lipinski definition) is 6. The first-order valence-electron chi connectivity index (χ1n) is 9.50. The molecule has 1 aromatic heterocycles. The predicted molar refractivity (Wildman–Crippen MR) is 126 cm³/mol. The molecule has 0 spiro atoms. The predicted octanol–water partition coefficient (Wildman–Crippen LogP) is 4.91. The Hall–Kier alpha value is -2.58. The lowest BCUT2D eigenvalue weighted by atomic mass is 10.1. The van der Waals surface area contributed by atoms with Gasteiger partial charge in [-0.05, 0) is 53.2 Å². The van der Waals surface area contributed by atoms with Crippen LogP contribution in [-0.2, 0) is 27.5 Å². The summed E-state index contributed by atoms with van der Waals surface area (Å²) in [5, 5.41) is 4.07.